The number of alkyl halides is 3. The number of benzene rings is 10. The highest BCUT2D eigenvalue weighted by molar-refractivity contribution is 6.28. The number of rotatable bonds is 5. The van der Waals surface area contributed by atoms with Crippen LogP contribution in [0.3, 0.4) is 0 Å². The van der Waals surface area contributed by atoms with E-state index in [-0.39, 0.29) is 5.69 Å². The molecule has 5 nitrogen and oxygen atoms in total. The Morgan fingerprint density at radius 1 is 0.357 bits per heavy atom. The van der Waals surface area contributed by atoms with E-state index in [1.165, 1.54) is 6.07 Å². The summed E-state index contributed by atoms with van der Waals surface area (Å²) >= 11 is 0. The largest absolute Gasteiger partial charge is 0.418 e. The summed E-state index contributed by atoms with van der Waals surface area (Å²) in [6.07, 6.45) is -4.82. The Kier molecular flexibility index (Phi) is 8.44. The van der Waals surface area contributed by atoms with Crippen molar-refractivity contribution >= 4 is 92.9 Å². The molecule has 0 aliphatic heterocycles. The van der Waals surface area contributed by atoms with Crippen molar-refractivity contribution in [2.45, 2.75) is 6.18 Å². The second-order valence-corrected chi connectivity index (χ2v) is 17.8. The molecule has 0 aliphatic carbocycles. The minimum Gasteiger partial charge on any atom is -0.309 e. The molecule has 0 atom stereocenters. The lowest BCUT2D eigenvalue weighted by Crippen LogP contribution is -2.13. The lowest BCUT2D eigenvalue weighted by Gasteiger charge is -2.22. The lowest BCUT2D eigenvalue weighted by atomic mass is 9.97. The molecule has 0 fully saturated rings. The predicted octanol–water partition coefficient (Wildman–Crippen LogP) is 17.3. The van der Waals surface area contributed by atoms with Crippen molar-refractivity contribution in [3.8, 4) is 33.9 Å². The first-order valence-corrected chi connectivity index (χ1v) is 23.1. The van der Waals surface area contributed by atoms with Gasteiger partial charge in [-0.25, -0.2) is 4.85 Å². The molecular weight excluding hydrogens is 872 g/mol. The Morgan fingerprint density at radius 3 is 1.29 bits per heavy atom. The summed E-state index contributed by atoms with van der Waals surface area (Å²) in [4.78, 5) is 3.81. The fraction of sp³-hybridized carbons (Fsp3) is 0.0161. The highest BCUT2D eigenvalue weighted by atomic mass is 19.4. The summed E-state index contributed by atoms with van der Waals surface area (Å²) in [5.74, 6) is 0. The smallest absolute Gasteiger partial charge is 0.309 e. The average molecular weight is 908 g/mol. The van der Waals surface area contributed by atoms with Gasteiger partial charge in [-0.2, -0.15) is 13.2 Å². The molecule has 8 heteroatoms. The molecule has 0 spiro atoms. The van der Waals surface area contributed by atoms with Crippen molar-refractivity contribution in [3.63, 3.8) is 0 Å². The molecule has 14 aromatic rings. The zero-order valence-corrected chi connectivity index (χ0v) is 37.2. The number of fused-ring (bicyclic) bond motifs is 14. The molecule has 0 unspecified atom stereocenters. The van der Waals surface area contributed by atoms with Gasteiger partial charge in [0, 0.05) is 60.0 Å². The van der Waals surface area contributed by atoms with E-state index in [4.69, 9.17) is 6.57 Å². The normalized spacial score (nSPS) is 12.2. The minimum atomic E-state index is -4.82. The van der Waals surface area contributed by atoms with E-state index < -0.39 is 11.7 Å². The summed E-state index contributed by atoms with van der Waals surface area (Å²) in [5, 5.41) is 7.18. The van der Waals surface area contributed by atoms with E-state index in [0.29, 0.717) is 33.5 Å². The highest BCUT2D eigenvalue weighted by Gasteiger charge is 2.37. The molecule has 14 rings (SSSR count). The molecule has 0 saturated carbocycles. The molecule has 0 saturated heterocycles. The predicted molar refractivity (Wildman–Crippen MR) is 280 cm³/mol. The van der Waals surface area contributed by atoms with Crippen molar-refractivity contribution in [3.05, 3.63) is 235 Å². The van der Waals surface area contributed by atoms with Gasteiger partial charge in [-0.15, -0.1) is 0 Å². The Hall–Kier alpha value is -9.32. The molecule has 0 N–H and O–H groups in total. The number of halogens is 3. The van der Waals surface area contributed by atoms with Crippen LogP contribution >= 0.6 is 0 Å². The van der Waals surface area contributed by atoms with Crippen molar-refractivity contribution in [2.24, 2.45) is 0 Å². The molecule has 0 aliphatic rings. The second-order valence-electron chi connectivity index (χ2n) is 17.8. The number of para-hydroxylation sites is 6. The van der Waals surface area contributed by atoms with Gasteiger partial charge in [0.2, 0.25) is 0 Å². The highest BCUT2D eigenvalue weighted by Crippen LogP contribution is 2.49. The van der Waals surface area contributed by atoms with Crippen LogP contribution < -0.4 is 0 Å². The maximum absolute atomic E-state index is 16.7. The van der Waals surface area contributed by atoms with Crippen LogP contribution in [0.1, 0.15) is 5.56 Å². The van der Waals surface area contributed by atoms with Crippen LogP contribution in [-0.2, 0) is 6.18 Å². The number of nitrogens with zero attached hydrogens (tertiary/aromatic N) is 5. The fourth-order valence-corrected chi connectivity index (χ4v) is 11.4. The Labute approximate surface area is 398 Å². The molecule has 0 radical (unpaired) electrons. The fourth-order valence-electron chi connectivity index (χ4n) is 11.4. The van der Waals surface area contributed by atoms with Gasteiger partial charge in [-0.3, -0.25) is 0 Å². The minimum absolute atomic E-state index is 0.0127. The van der Waals surface area contributed by atoms with Gasteiger partial charge in [0.1, 0.15) is 0 Å². The zero-order chi connectivity index (χ0) is 46.8. The number of hydrogen-bond donors (Lipinski definition) is 0. The van der Waals surface area contributed by atoms with Crippen molar-refractivity contribution in [2.75, 3.05) is 0 Å². The first-order valence-electron chi connectivity index (χ1n) is 23.1. The van der Waals surface area contributed by atoms with Crippen LogP contribution in [0.25, 0.3) is 126 Å². The topological polar surface area (TPSA) is 24.1 Å². The van der Waals surface area contributed by atoms with E-state index in [1.54, 1.807) is 18.2 Å². The summed E-state index contributed by atoms with van der Waals surface area (Å²) in [7, 11) is 0. The molecule has 4 aromatic heterocycles. The zero-order valence-electron chi connectivity index (χ0n) is 37.2. The maximum Gasteiger partial charge on any atom is 0.418 e. The van der Waals surface area contributed by atoms with Crippen molar-refractivity contribution < 1.29 is 13.2 Å². The third-order valence-corrected chi connectivity index (χ3v) is 14.2. The summed E-state index contributed by atoms with van der Waals surface area (Å²) in [6.45, 7) is 8.07. The van der Waals surface area contributed by atoms with Gasteiger partial charge < -0.3 is 18.3 Å². The van der Waals surface area contributed by atoms with Gasteiger partial charge in [-0.05, 0) is 84.4 Å². The van der Waals surface area contributed by atoms with E-state index in [0.717, 1.165) is 87.6 Å². The van der Waals surface area contributed by atoms with E-state index in [9.17, 15) is 0 Å². The molecule has 0 bridgehead atoms. The lowest BCUT2D eigenvalue weighted by molar-refractivity contribution is -0.137. The third kappa shape index (κ3) is 5.60. The Bertz CT molecular complexity index is 4520. The molecule has 4 heterocycles. The van der Waals surface area contributed by atoms with Crippen LogP contribution in [0.2, 0.25) is 0 Å². The van der Waals surface area contributed by atoms with Crippen molar-refractivity contribution in [1.82, 2.24) is 18.3 Å². The van der Waals surface area contributed by atoms with Gasteiger partial charge >= 0.3 is 6.18 Å². The molecule has 0 amide bonds. The maximum atomic E-state index is 16.7. The quantitative estimate of drug-likeness (QED) is 0.154. The number of aromatic nitrogens is 4. The first kappa shape index (κ1) is 39.8. The molecule has 70 heavy (non-hydrogen) atoms. The van der Waals surface area contributed by atoms with Gasteiger partial charge in [0.15, 0.2) is 5.69 Å². The average Bonchev–Trinajstić information content (AvgIpc) is 4.13. The molecular formula is C62H36F3N5. The van der Waals surface area contributed by atoms with Gasteiger partial charge in [0.25, 0.3) is 0 Å². The Morgan fingerprint density at radius 2 is 0.800 bits per heavy atom. The molecule has 10 aromatic carbocycles. The number of hydrogen-bond acceptors (Lipinski definition) is 0. The molecule has 330 valence electrons. The first-order chi connectivity index (χ1) is 34.4. The van der Waals surface area contributed by atoms with E-state index >= 15 is 13.2 Å². The summed E-state index contributed by atoms with van der Waals surface area (Å²) < 4.78 is 58.4. The SMILES string of the molecule is [C-]#[N+]c1cccc(-c2cc(-n3c4ccccc4c4ccc5c(c6ccccc6n5-c5ccccc5)c43)c(C(F)(F)F)cc2-n2c3ccccc3c3ccc4c(c5ccccc5n4-c4ccccc4)c32)c1. The van der Waals surface area contributed by atoms with Crippen LogP contribution in [0.15, 0.2) is 218 Å². The van der Waals surface area contributed by atoms with Gasteiger partial charge in [-0.1, -0.05) is 140 Å². The summed E-state index contributed by atoms with van der Waals surface area (Å²) in [6, 6.07) is 70.9. The van der Waals surface area contributed by atoms with E-state index in [2.05, 4.69) is 80.7 Å². The van der Waals surface area contributed by atoms with Crippen molar-refractivity contribution in [1.29, 1.82) is 0 Å². The monoisotopic (exact) mass is 907 g/mol. The van der Waals surface area contributed by atoms with E-state index in [1.807, 2.05) is 137 Å². The summed E-state index contributed by atoms with van der Waals surface area (Å²) in [5.41, 5.74) is 9.63. The second kappa shape index (κ2) is 14.8. The van der Waals surface area contributed by atoms with Crippen LogP contribution in [0.5, 0.6) is 0 Å². The van der Waals surface area contributed by atoms with Crippen LogP contribution in [0, 0.1) is 6.57 Å². The van der Waals surface area contributed by atoms with Crippen LogP contribution in [0.4, 0.5) is 18.9 Å². The third-order valence-electron chi connectivity index (χ3n) is 14.2. The Balaban J connectivity index is 1.18. The standard InChI is InChI=1S/C62H36F3N5/c1-66-39-18-16-17-38(35-39)48-36-57(70-51-28-13-9-24-43(51)45-32-34-55-59(61(45)70)47-26-11-15-30-53(47)68(55)41-21-6-3-7-22-41)49(62(63,64)65)37-56(48)69-50-27-12-8-23-42(50)44-31-33-54-58(60(44)69)46-25-10-14-29-52(46)67(54)40-19-4-2-5-20-40/h2-37H. The van der Waals surface area contributed by atoms with Crippen LogP contribution in [-0.4, -0.2) is 18.3 Å². The van der Waals surface area contributed by atoms with Gasteiger partial charge in [0.05, 0.1) is 67.6 Å².